The van der Waals surface area contributed by atoms with E-state index < -0.39 is 28.7 Å². The fourth-order valence-electron chi connectivity index (χ4n) is 0.948. The minimum Gasteiger partial charge on any atom is -0.478 e. The zero-order valence-corrected chi connectivity index (χ0v) is 7.79. The zero-order valence-electron chi connectivity index (χ0n) is 7.04. The summed E-state index contributed by atoms with van der Waals surface area (Å²) in [6.45, 7) is 0. The molecule has 0 aromatic carbocycles. The van der Waals surface area contributed by atoms with Crippen LogP contribution in [0, 0.1) is 11.3 Å². The Labute approximate surface area is 87.7 Å². The predicted octanol–water partition coefficient (Wildman–Crippen LogP) is 2.24. The topological polar surface area (TPSA) is 74.0 Å². The van der Waals surface area contributed by atoms with Gasteiger partial charge in [-0.1, -0.05) is 11.6 Å². The van der Waals surface area contributed by atoms with Crippen molar-refractivity contribution in [2.75, 3.05) is 0 Å². The molecule has 7 heteroatoms. The normalized spacial score (nSPS) is 10.1. The van der Waals surface area contributed by atoms with Crippen molar-refractivity contribution in [2.45, 2.75) is 6.43 Å². The van der Waals surface area contributed by atoms with Crippen molar-refractivity contribution < 1.29 is 18.7 Å². The molecule has 0 saturated heterocycles. The summed E-state index contributed by atoms with van der Waals surface area (Å²) in [5.41, 5.74) is -1.84. The molecule has 0 spiro atoms. The van der Waals surface area contributed by atoms with Crippen LogP contribution in [0.1, 0.15) is 28.0 Å². The fraction of sp³-hybridized carbons (Fsp3) is 0.125. The van der Waals surface area contributed by atoms with Crippen molar-refractivity contribution in [3.05, 3.63) is 28.0 Å². The highest BCUT2D eigenvalue weighted by molar-refractivity contribution is 6.34. The first kappa shape index (κ1) is 11.3. The minimum atomic E-state index is -2.98. The van der Waals surface area contributed by atoms with Gasteiger partial charge in [0.15, 0.2) is 0 Å². The van der Waals surface area contributed by atoms with E-state index in [9.17, 15) is 13.6 Å². The third-order valence-electron chi connectivity index (χ3n) is 1.59. The third kappa shape index (κ3) is 2.02. The van der Waals surface area contributed by atoms with Crippen molar-refractivity contribution in [1.29, 1.82) is 5.26 Å². The lowest BCUT2D eigenvalue weighted by molar-refractivity contribution is 0.0696. The Morgan fingerprint density at radius 3 is 2.67 bits per heavy atom. The molecule has 1 N–H and O–H groups in total. The summed E-state index contributed by atoms with van der Waals surface area (Å²) in [7, 11) is 0. The largest absolute Gasteiger partial charge is 0.478 e. The number of hydrogen-bond donors (Lipinski definition) is 1. The van der Waals surface area contributed by atoms with Crippen LogP contribution < -0.4 is 0 Å². The first-order valence-corrected chi connectivity index (χ1v) is 3.96. The summed E-state index contributed by atoms with van der Waals surface area (Å²) >= 11 is 5.41. The summed E-state index contributed by atoms with van der Waals surface area (Å²) in [6.07, 6.45) is -2.22. The van der Waals surface area contributed by atoms with E-state index in [4.69, 9.17) is 22.0 Å². The molecular weight excluding hydrogens is 230 g/mol. The number of carbonyl (C=O) groups is 1. The van der Waals surface area contributed by atoms with E-state index >= 15 is 0 Å². The SMILES string of the molecule is N#Cc1cnc(C(F)F)c(Cl)c1C(=O)O. The molecule has 1 aromatic rings. The molecule has 0 unspecified atom stereocenters. The standard InChI is InChI=1S/C8H3ClF2N2O2/c9-5-4(8(14)15)3(1-12)2-13-6(5)7(10)11/h2,7H,(H,14,15). The summed E-state index contributed by atoms with van der Waals surface area (Å²) < 4.78 is 24.6. The smallest absolute Gasteiger partial charge is 0.338 e. The number of carboxylic acid groups (broad SMARTS) is 1. The zero-order chi connectivity index (χ0) is 11.6. The molecule has 0 aliphatic carbocycles. The molecular formula is C8H3ClF2N2O2. The molecule has 0 bridgehead atoms. The van der Waals surface area contributed by atoms with Gasteiger partial charge in [-0.15, -0.1) is 0 Å². The second-order valence-corrected chi connectivity index (χ2v) is 2.84. The maximum Gasteiger partial charge on any atom is 0.338 e. The Kier molecular flexibility index (Phi) is 3.17. The lowest BCUT2D eigenvalue weighted by Gasteiger charge is -2.05. The number of nitriles is 1. The van der Waals surface area contributed by atoms with E-state index in [1.165, 1.54) is 6.07 Å². The van der Waals surface area contributed by atoms with Gasteiger partial charge in [0.2, 0.25) is 0 Å². The molecule has 0 aliphatic rings. The van der Waals surface area contributed by atoms with Crippen LogP contribution in [0.25, 0.3) is 0 Å². The van der Waals surface area contributed by atoms with Crippen LogP contribution in [0.5, 0.6) is 0 Å². The molecule has 78 valence electrons. The van der Waals surface area contributed by atoms with Crippen LogP contribution in [0.2, 0.25) is 5.02 Å². The van der Waals surface area contributed by atoms with Crippen LogP contribution >= 0.6 is 11.6 Å². The summed E-state index contributed by atoms with van der Waals surface area (Å²) in [5.74, 6) is -1.54. The molecule has 4 nitrogen and oxygen atoms in total. The van der Waals surface area contributed by atoms with Gasteiger partial charge >= 0.3 is 5.97 Å². The van der Waals surface area contributed by atoms with Crippen molar-refractivity contribution in [3.63, 3.8) is 0 Å². The summed E-state index contributed by atoms with van der Waals surface area (Å²) in [5, 5.41) is 16.5. The summed E-state index contributed by atoms with van der Waals surface area (Å²) in [4.78, 5) is 13.9. The van der Waals surface area contributed by atoms with Gasteiger partial charge in [0.25, 0.3) is 6.43 Å². The highest BCUT2D eigenvalue weighted by Gasteiger charge is 2.23. The highest BCUT2D eigenvalue weighted by atomic mass is 35.5. The average Bonchev–Trinajstić information content (AvgIpc) is 2.15. The van der Waals surface area contributed by atoms with E-state index in [1.54, 1.807) is 0 Å². The Hall–Kier alpha value is -1.74. The van der Waals surface area contributed by atoms with Crippen molar-refractivity contribution in [2.24, 2.45) is 0 Å². The quantitative estimate of drug-likeness (QED) is 0.849. The van der Waals surface area contributed by atoms with Gasteiger partial charge in [-0.05, 0) is 0 Å². The molecule has 0 aliphatic heterocycles. The van der Waals surface area contributed by atoms with Crippen molar-refractivity contribution >= 4 is 17.6 Å². The first-order valence-electron chi connectivity index (χ1n) is 3.59. The highest BCUT2D eigenvalue weighted by Crippen LogP contribution is 2.29. The van der Waals surface area contributed by atoms with E-state index in [2.05, 4.69) is 4.98 Å². The minimum absolute atomic E-state index is 0.350. The molecule has 0 amide bonds. The van der Waals surface area contributed by atoms with Gasteiger partial charge in [-0.3, -0.25) is 4.98 Å². The van der Waals surface area contributed by atoms with Gasteiger partial charge < -0.3 is 5.11 Å². The Morgan fingerprint density at radius 2 is 2.27 bits per heavy atom. The molecule has 15 heavy (non-hydrogen) atoms. The predicted molar refractivity (Wildman–Crippen MR) is 45.9 cm³/mol. The number of nitrogens with zero attached hydrogens (tertiary/aromatic N) is 2. The van der Waals surface area contributed by atoms with Crippen molar-refractivity contribution in [1.82, 2.24) is 4.98 Å². The molecule has 1 heterocycles. The van der Waals surface area contributed by atoms with Gasteiger partial charge in [-0.25, -0.2) is 13.6 Å². The van der Waals surface area contributed by atoms with Gasteiger partial charge in [0.1, 0.15) is 11.8 Å². The van der Waals surface area contributed by atoms with E-state index in [-0.39, 0.29) is 5.56 Å². The van der Waals surface area contributed by atoms with Crippen LogP contribution in [0.4, 0.5) is 8.78 Å². The lowest BCUT2D eigenvalue weighted by Crippen LogP contribution is -2.06. The van der Waals surface area contributed by atoms with E-state index in [1.807, 2.05) is 0 Å². The number of pyridine rings is 1. The van der Waals surface area contributed by atoms with Crippen LogP contribution in [0.3, 0.4) is 0 Å². The maximum atomic E-state index is 12.3. The number of aromatic nitrogens is 1. The molecule has 0 saturated carbocycles. The molecule has 1 aromatic heterocycles. The van der Waals surface area contributed by atoms with Gasteiger partial charge in [-0.2, -0.15) is 5.26 Å². The lowest BCUT2D eigenvalue weighted by atomic mass is 10.1. The fourth-order valence-corrected chi connectivity index (χ4v) is 1.26. The van der Waals surface area contributed by atoms with Gasteiger partial charge in [0.05, 0.1) is 16.1 Å². The molecule has 0 fully saturated rings. The molecule has 0 radical (unpaired) electrons. The van der Waals surface area contributed by atoms with Crippen LogP contribution in [0.15, 0.2) is 6.20 Å². The summed E-state index contributed by atoms with van der Waals surface area (Å²) in [6, 6.07) is 1.51. The van der Waals surface area contributed by atoms with Crippen molar-refractivity contribution in [3.8, 4) is 6.07 Å². The monoisotopic (exact) mass is 232 g/mol. The molecule has 1 rings (SSSR count). The van der Waals surface area contributed by atoms with E-state index in [0.29, 0.717) is 0 Å². The number of alkyl halides is 2. The second-order valence-electron chi connectivity index (χ2n) is 2.46. The number of rotatable bonds is 2. The van der Waals surface area contributed by atoms with E-state index in [0.717, 1.165) is 6.20 Å². The number of halogens is 3. The Morgan fingerprint density at radius 1 is 1.67 bits per heavy atom. The second kappa shape index (κ2) is 4.19. The van der Waals surface area contributed by atoms with Crippen LogP contribution in [-0.2, 0) is 0 Å². The first-order chi connectivity index (χ1) is 6.99. The third-order valence-corrected chi connectivity index (χ3v) is 1.97. The average molecular weight is 233 g/mol. The number of carboxylic acids is 1. The number of aromatic carboxylic acids is 1. The maximum absolute atomic E-state index is 12.3. The molecule has 0 atom stereocenters. The van der Waals surface area contributed by atoms with Gasteiger partial charge in [0, 0.05) is 6.20 Å². The van der Waals surface area contributed by atoms with Crippen LogP contribution in [-0.4, -0.2) is 16.1 Å². The Balaban J connectivity index is 3.51. The Bertz CT molecular complexity index is 457. The number of hydrogen-bond acceptors (Lipinski definition) is 3.